The first kappa shape index (κ1) is 13.1. The van der Waals surface area contributed by atoms with E-state index in [2.05, 4.69) is 36.6 Å². The van der Waals surface area contributed by atoms with Crippen LogP contribution >= 0.6 is 23.4 Å². The Morgan fingerprint density at radius 2 is 2.00 bits per heavy atom. The Kier molecular flexibility index (Phi) is 4.23. The van der Waals surface area contributed by atoms with Crippen molar-refractivity contribution in [2.24, 2.45) is 5.73 Å². The molecule has 1 aliphatic heterocycles. The summed E-state index contributed by atoms with van der Waals surface area (Å²) in [5.74, 6) is 0. The molecule has 1 aliphatic rings. The third-order valence-corrected chi connectivity index (χ3v) is 4.48. The lowest BCUT2D eigenvalue weighted by molar-refractivity contribution is 0.724. The van der Waals surface area contributed by atoms with Gasteiger partial charge in [0.15, 0.2) is 0 Å². The van der Waals surface area contributed by atoms with Crippen molar-refractivity contribution in [2.75, 3.05) is 18.0 Å². The topological polar surface area (TPSA) is 29.3 Å². The monoisotopic (exact) mass is 270 g/mol. The number of hydrogen-bond acceptors (Lipinski definition) is 3. The summed E-state index contributed by atoms with van der Waals surface area (Å²) in [6, 6.07) is 6.03. The van der Waals surface area contributed by atoms with Crippen LogP contribution in [0.15, 0.2) is 18.2 Å². The second kappa shape index (κ2) is 5.51. The van der Waals surface area contributed by atoms with Crippen molar-refractivity contribution in [1.82, 2.24) is 0 Å². The maximum Gasteiger partial charge on any atom is 0.0413 e. The van der Waals surface area contributed by atoms with E-state index in [4.69, 9.17) is 17.3 Å². The van der Waals surface area contributed by atoms with Crippen LogP contribution in [0.25, 0.3) is 0 Å². The van der Waals surface area contributed by atoms with Gasteiger partial charge >= 0.3 is 0 Å². The molecule has 2 nitrogen and oxygen atoms in total. The fourth-order valence-electron chi connectivity index (χ4n) is 2.40. The molecule has 2 rings (SSSR count). The van der Waals surface area contributed by atoms with Gasteiger partial charge in [0.2, 0.25) is 0 Å². The minimum Gasteiger partial charge on any atom is -0.369 e. The smallest absolute Gasteiger partial charge is 0.0413 e. The zero-order chi connectivity index (χ0) is 12.4. The van der Waals surface area contributed by atoms with E-state index in [0.29, 0.717) is 17.0 Å². The number of benzene rings is 1. The molecule has 0 aromatic heterocycles. The van der Waals surface area contributed by atoms with Gasteiger partial charge in [0.1, 0.15) is 0 Å². The normalized spacial score (nSPS) is 25.1. The van der Waals surface area contributed by atoms with Gasteiger partial charge in [0.25, 0.3) is 0 Å². The molecule has 0 bridgehead atoms. The summed E-state index contributed by atoms with van der Waals surface area (Å²) in [5.41, 5.74) is 8.19. The molecule has 2 atom stereocenters. The molecule has 4 heteroatoms. The summed E-state index contributed by atoms with van der Waals surface area (Å²) in [6.07, 6.45) is 0. The van der Waals surface area contributed by atoms with Crippen LogP contribution in [-0.4, -0.2) is 23.6 Å². The van der Waals surface area contributed by atoms with Crippen LogP contribution in [-0.2, 0) is 6.54 Å². The van der Waals surface area contributed by atoms with Gasteiger partial charge < -0.3 is 10.6 Å². The van der Waals surface area contributed by atoms with E-state index in [-0.39, 0.29) is 0 Å². The second-order valence-electron chi connectivity index (χ2n) is 4.64. The molecule has 2 N–H and O–H groups in total. The van der Waals surface area contributed by atoms with Crippen molar-refractivity contribution < 1.29 is 0 Å². The highest BCUT2D eigenvalue weighted by molar-refractivity contribution is 8.00. The summed E-state index contributed by atoms with van der Waals surface area (Å²) in [4.78, 5) is 2.43. The number of anilines is 1. The summed E-state index contributed by atoms with van der Waals surface area (Å²) in [6.45, 7) is 7.28. The van der Waals surface area contributed by atoms with Crippen molar-refractivity contribution in [3.8, 4) is 0 Å². The third-order valence-electron chi connectivity index (χ3n) is 3.02. The Morgan fingerprint density at radius 1 is 1.35 bits per heavy atom. The van der Waals surface area contributed by atoms with Crippen molar-refractivity contribution in [2.45, 2.75) is 30.9 Å². The highest BCUT2D eigenvalue weighted by Gasteiger charge is 2.23. The molecule has 1 aromatic carbocycles. The van der Waals surface area contributed by atoms with E-state index in [1.54, 1.807) is 0 Å². The highest BCUT2D eigenvalue weighted by Crippen LogP contribution is 2.31. The Balaban J connectivity index is 2.26. The molecule has 0 spiro atoms. The van der Waals surface area contributed by atoms with E-state index in [1.807, 2.05) is 12.1 Å². The molecule has 1 saturated heterocycles. The summed E-state index contributed by atoms with van der Waals surface area (Å²) < 4.78 is 0. The molecular formula is C13H19ClN2S. The molecule has 2 unspecified atom stereocenters. The quantitative estimate of drug-likeness (QED) is 0.895. The SMILES string of the molecule is CC1CN(c2ccc(Cl)cc2CN)CC(C)S1. The molecule has 0 saturated carbocycles. The lowest BCUT2D eigenvalue weighted by atomic mass is 10.1. The van der Waals surface area contributed by atoms with Crippen molar-refractivity contribution >= 4 is 29.1 Å². The standard InChI is InChI=1S/C13H19ClN2S/c1-9-7-16(8-10(2)17-9)13-4-3-12(14)5-11(13)6-15/h3-5,9-10H,6-8,15H2,1-2H3. The lowest BCUT2D eigenvalue weighted by Gasteiger charge is -2.37. The first-order chi connectivity index (χ1) is 8.10. The highest BCUT2D eigenvalue weighted by atomic mass is 35.5. The Morgan fingerprint density at radius 3 is 2.59 bits per heavy atom. The maximum absolute atomic E-state index is 6.01. The largest absolute Gasteiger partial charge is 0.369 e. The molecule has 17 heavy (non-hydrogen) atoms. The molecule has 1 heterocycles. The predicted molar refractivity (Wildman–Crippen MR) is 78.1 cm³/mol. The minimum absolute atomic E-state index is 0.544. The van der Waals surface area contributed by atoms with Crippen LogP contribution in [0.1, 0.15) is 19.4 Å². The van der Waals surface area contributed by atoms with Gasteiger partial charge in [-0.2, -0.15) is 11.8 Å². The Hall–Kier alpha value is -0.380. The average Bonchev–Trinajstić information content (AvgIpc) is 2.27. The van der Waals surface area contributed by atoms with Crippen molar-refractivity contribution in [3.63, 3.8) is 0 Å². The van der Waals surface area contributed by atoms with Crippen LogP contribution in [0, 0.1) is 0 Å². The predicted octanol–water partition coefficient (Wildman–Crippen LogP) is 3.13. The van der Waals surface area contributed by atoms with Crippen LogP contribution in [0.3, 0.4) is 0 Å². The van der Waals surface area contributed by atoms with Gasteiger partial charge in [-0.05, 0) is 23.8 Å². The van der Waals surface area contributed by atoms with Crippen LogP contribution < -0.4 is 10.6 Å². The molecule has 1 aromatic rings. The number of halogens is 1. The molecule has 94 valence electrons. The van der Waals surface area contributed by atoms with E-state index in [1.165, 1.54) is 5.69 Å². The summed E-state index contributed by atoms with van der Waals surface area (Å²) in [5, 5.41) is 2.10. The molecule has 0 aliphatic carbocycles. The van der Waals surface area contributed by atoms with Gasteiger partial charge in [-0.1, -0.05) is 25.4 Å². The number of hydrogen-bond donors (Lipinski definition) is 1. The first-order valence-electron chi connectivity index (χ1n) is 5.99. The zero-order valence-corrected chi connectivity index (χ0v) is 11.9. The van der Waals surface area contributed by atoms with Crippen molar-refractivity contribution in [1.29, 1.82) is 0 Å². The zero-order valence-electron chi connectivity index (χ0n) is 10.3. The number of nitrogens with two attached hydrogens (primary N) is 1. The van der Waals surface area contributed by atoms with Crippen LogP contribution in [0.2, 0.25) is 5.02 Å². The fourth-order valence-corrected chi connectivity index (χ4v) is 3.92. The fraction of sp³-hybridized carbons (Fsp3) is 0.538. The Labute approximate surface area is 113 Å². The van der Waals surface area contributed by atoms with Crippen LogP contribution in [0.4, 0.5) is 5.69 Å². The maximum atomic E-state index is 6.01. The number of rotatable bonds is 2. The van der Waals surface area contributed by atoms with Crippen molar-refractivity contribution in [3.05, 3.63) is 28.8 Å². The summed E-state index contributed by atoms with van der Waals surface area (Å²) in [7, 11) is 0. The second-order valence-corrected chi connectivity index (χ2v) is 6.96. The minimum atomic E-state index is 0.544. The Bertz CT molecular complexity index is 387. The van der Waals surface area contributed by atoms with Gasteiger partial charge in [-0.15, -0.1) is 0 Å². The van der Waals surface area contributed by atoms with Crippen LogP contribution in [0.5, 0.6) is 0 Å². The van der Waals surface area contributed by atoms with Gasteiger partial charge in [0.05, 0.1) is 0 Å². The third kappa shape index (κ3) is 3.09. The van der Waals surface area contributed by atoms with E-state index >= 15 is 0 Å². The van der Waals surface area contributed by atoms with Gasteiger partial charge in [0, 0.05) is 40.8 Å². The van der Waals surface area contributed by atoms with Gasteiger partial charge in [-0.3, -0.25) is 0 Å². The lowest BCUT2D eigenvalue weighted by Crippen LogP contribution is -2.41. The molecule has 0 radical (unpaired) electrons. The van der Waals surface area contributed by atoms with Gasteiger partial charge in [-0.25, -0.2) is 0 Å². The number of thioether (sulfide) groups is 1. The first-order valence-corrected chi connectivity index (χ1v) is 7.31. The van der Waals surface area contributed by atoms with E-state index in [9.17, 15) is 0 Å². The summed E-state index contributed by atoms with van der Waals surface area (Å²) >= 11 is 8.07. The molecule has 1 fully saturated rings. The van der Waals surface area contributed by atoms with E-state index in [0.717, 1.165) is 23.7 Å². The molecule has 0 amide bonds. The average molecular weight is 271 g/mol. The van der Waals surface area contributed by atoms with E-state index < -0.39 is 0 Å². The number of nitrogens with zero attached hydrogens (tertiary/aromatic N) is 1. The molecular weight excluding hydrogens is 252 g/mol.